The van der Waals surface area contributed by atoms with Crippen molar-refractivity contribution < 1.29 is 27.7 Å². The largest absolute Gasteiger partial charge is 0.497 e. The van der Waals surface area contributed by atoms with Crippen LogP contribution in [0.25, 0.3) is 0 Å². The second-order valence-corrected chi connectivity index (χ2v) is 11.2. The molecule has 0 N–H and O–H groups in total. The number of ether oxygens (including phenoxy) is 2. The number of aryl methyl sites for hydroxylation is 1. The quantitative estimate of drug-likeness (QED) is 0.174. The first kappa shape index (κ1) is 26.4. The molecule has 4 rings (SSSR count). The van der Waals surface area contributed by atoms with E-state index < -0.39 is 14.9 Å². The van der Waals surface area contributed by atoms with Gasteiger partial charge in [-0.25, -0.2) is 0 Å². The number of hydrogen-bond acceptors (Lipinski definition) is 8. The number of nitro groups is 1. The summed E-state index contributed by atoms with van der Waals surface area (Å²) in [6, 6.07) is 14.4. The summed E-state index contributed by atoms with van der Waals surface area (Å²) in [4.78, 5) is 16.5. The highest BCUT2D eigenvalue weighted by Gasteiger charge is 2.38. The number of nitrogens with zero attached hydrogens (tertiary/aromatic N) is 3. The Hall–Kier alpha value is -2.71. The molecule has 1 aliphatic heterocycles. The SMILES string of the molecule is COc1ccc2c(c1)CN(OCCOc1c(Br)cc([N+](=O)[O-])cc1Br)N2S(=O)(=O)c1ccc(C)cc1. The molecule has 3 aromatic rings. The average Bonchev–Trinajstić information content (AvgIpc) is 3.21. The molecule has 0 fully saturated rings. The van der Waals surface area contributed by atoms with Gasteiger partial charge in [-0.3, -0.25) is 15.0 Å². The lowest BCUT2D eigenvalue weighted by Crippen LogP contribution is -2.42. The van der Waals surface area contributed by atoms with E-state index in [1.165, 1.54) is 24.4 Å². The highest BCUT2D eigenvalue weighted by atomic mass is 79.9. The van der Waals surface area contributed by atoms with Crippen LogP contribution in [0.1, 0.15) is 11.1 Å². The third kappa shape index (κ3) is 5.34. The van der Waals surface area contributed by atoms with Crippen LogP contribution in [0, 0.1) is 17.0 Å². The fraction of sp³-hybridized carbons (Fsp3) is 0.217. The first-order valence-electron chi connectivity index (χ1n) is 10.6. The van der Waals surface area contributed by atoms with Crippen LogP contribution in [-0.4, -0.2) is 38.8 Å². The van der Waals surface area contributed by atoms with Crippen molar-refractivity contribution in [3.63, 3.8) is 0 Å². The Morgan fingerprint density at radius 3 is 2.31 bits per heavy atom. The molecule has 1 aliphatic rings. The van der Waals surface area contributed by atoms with Crippen LogP contribution in [-0.2, 0) is 21.4 Å². The van der Waals surface area contributed by atoms with Gasteiger partial charge in [-0.05, 0) is 69.1 Å². The number of hydrogen-bond donors (Lipinski definition) is 0. The van der Waals surface area contributed by atoms with Gasteiger partial charge in [-0.15, -0.1) is 0 Å². The standard InChI is InChI=1S/C23H21Br2N3O7S/c1-15-3-6-19(7-4-15)36(31,32)27-22-8-5-18(33-2)11-16(22)14-26(27)35-10-9-34-23-20(24)12-17(28(29)30)13-21(23)25/h3-8,11-13H,9-10,14H2,1-2H3. The lowest BCUT2D eigenvalue weighted by molar-refractivity contribution is -0.385. The van der Waals surface area contributed by atoms with E-state index in [2.05, 4.69) is 31.9 Å². The summed E-state index contributed by atoms with van der Waals surface area (Å²) >= 11 is 6.55. The van der Waals surface area contributed by atoms with Crippen LogP contribution in [0.3, 0.4) is 0 Å². The van der Waals surface area contributed by atoms with Gasteiger partial charge in [0, 0.05) is 17.7 Å². The monoisotopic (exact) mass is 641 g/mol. The van der Waals surface area contributed by atoms with Crippen LogP contribution in [0.15, 0.2) is 68.4 Å². The molecule has 1 heterocycles. The third-order valence-corrected chi connectivity index (χ3v) is 8.19. The number of fused-ring (bicyclic) bond motifs is 1. The zero-order chi connectivity index (χ0) is 26.0. The molecular formula is C23H21Br2N3O7S. The van der Waals surface area contributed by atoms with Gasteiger partial charge in [-0.2, -0.15) is 12.8 Å². The molecule has 0 aliphatic carbocycles. The lowest BCUT2D eigenvalue weighted by Gasteiger charge is -2.28. The van der Waals surface area contributed by atoms with E-state index in [0.717, 1.165) is 9.98 Å². The number of anilines is 1. The molecule has 0 saturated carbocycles. The zero-order valence-electron chi connectivity index (χ0n) is 19.2. The summed E-state index contributed by atoms with van der Waals surface area (Å²) in [6.45, 7) is 2.10. The van der Waals surface area contributed by atoms with Crippen LogP contribution >= 0.6 is 31.9 Å². The minimum Gasteiger partial charge on any atom is -0.497 e. The minimum atomic E-state index is -3.98. The van der Waals surface area contributed by atoms with Crippen LogP contribution in [0.4, 0.5) is 11.4 Å². The predicted molar refractivity (Wildman–Crippen MR) is 139 cm³/mol. The van der Waals surface area contributed by atoms with Crippen molar-refractivity contribution in [1.29, 1.82) is 0 Å². The molecule has 0 radical (unpaired) electrons. The molecule has 0 saturated heterocycles. The Morgan fingerprint density at radius 2 is 1.69 bits per heavy atom. The number of halogens is 2. The molecule has 10 nitrogen and oxygen atoms in total. The normalized spacial score (nSPS) is 13.5. The van der Waals surface area contributed by atoms with Crippen molar-refractivity contribution in [2.24, 2.45) is 0 Å². The maximum atomic E-state index is 13.6. The van der Waals surface area contributed by atoms with Gasteiger partial charge in [0.05, 0.1) is 38.1 Å². The van der Waals surface area contributed by atoms with Crippen LogP contribution in [0.2, 0.25) is 0 Å². The average molecular weight is 643 g/mol. The topological polar surface area (TPSA) is 111 Å². The summed E-state index contributed by atoms with van der Waals surface area (Å²) in [5.41, 5.74) is 2.01. The number of rotatable bonds is 9. The first-order chi connectivity index (χ1) is 17.1. The number of methoxy groups -OCH3 is 1. The number of hydroxylamine groups is 1. The molecule has 0 atom stereocenters. The van der Waals surface area contributed by atoms with E-state index >= 15 is 0 Å². The summed E-state index contributed by atoms with van der Waals surface area (Å²) in [6.07, 6.45) is 0. The van der Waals surface area contributed by atoms with Crippen LogP contribution in [0.5, 0.6) is 11.5 Å². The van der Waals surface area contributed by atoms with E-state index in [1.807, 2.05) is 6.92 Å². The molecule has 0 unspecified atom stereocenters. The molecule has 0 spiro atoms. The van der Waals surface area contributed by atoms with E-state index in [-0.39, 0.29) is 30.3 Å². The summed E-state index contributed by atoms with van der Waals surface area (Å²) in [5, 5.41) is 12.3. The van der Waals surface area contributed by atoms with Gasteiger partial charge in [0.25, 0.3) is 15.7 Å². The molecular weight excluding hydrogens is 622 g/mol. The Labute approximate surface area is 224 Å². The number of hydrazine groups is 1. The fourth-order valence-electron chi connectivity index (χ4n) is 3.57. The number of nitro benzene ring substituents is 1. The van der Waals surface area contributed by atoms with Crippen molar-refractivity contribution in [3.05, 3.63) is 84.8 Å². The van der Waals surface area contributed by atoms with Gasteiger partial charge in [0.1, 0.15) is 24.7 Å². The summed E-state index contributed by atoms with van der Waals surface area (Å²) in [7, 11) is -2.44. The zero-order valence-corrected chi connectivity index (χ0v) is 23.2. The van der Waals surface area contributed by atoms with Crippen LogP contribution < -0.4 is 13.9 Å². The Balaban J connectivity index is 1.53. The molecule has 0 aromatic heterocycles. The van der Waals surface area contributed by atoms with Gasteiger partial charge >= 0.3 is 0 Å². The van der Waals surface area contributed by atoms with Gasteiger partial charge in [-0.1, -0.05) is 22.9 Å². The molecule has 36 heavy (non-hydrogen) atoms. The number of benzene rings is 3. The fourth-order valence-corrected chi connectivity index (χ4v) is 6.42. The smallest absolute Gasteiger partial charge is 0.279 e. The molecule has 13 heteroatoms. The second kappa shape index (κ2) is 10.7. The van der Waals surface area contributed by atoms with Crippen molar-refractivity contribution in [2.45, 2.75) is 18.4 Å². The maximum Gasteiger partial charge on any atom is 0.279 e. The maximum absolute atomic E-state index is 13.6. The summed E-state index contributed by atoms with van der Waals surface area (Å²) < 4.78 is 40.1. The molecule has 190 valence electrons. The van der Waals surface area contributed by atoms with Crippen molar-refractivity contribution >= 4 is 53.3 Å². The van der Waals surface area contributed by atoms with E-state index in [1.54, 1.807) is 42.5 Å². The Kier molecular flexibility index (Phi) is 7.85. The predicted octanol–water partition coefficient (Wildman–Crippen LogP) is 5.37. The van der Waals surface area contributed by atoms with Gasteiger partial charge in [0.15, 0.2) is 0 Å². The van der Waals surface area contributed by atoms with Crippen molar-refractivity contribution in [1.82, 2.24) is 5.17 Å². The lowest BCUT2D eigenvalue weighted by atomic mass is 10.2. The first-order valence-corrected chi connectivity index (χ1v) is 13.6. The van der Waals surface area contributed by atoms with E-state index in [0.29, 0.717) is 31.7 Å². The molecule has 3 aromatic carbocycles. The molecule has 0 amide bonds. The molecule has 0 bridgehead atoms. The Bertz CT molecular complexity index is 1380. The highest BCUT2D eigenvalue weighted by Crippen LogP contribution is 2.39. The van der Waals surface area contributed by atoms with Crippen molar-refractivity contribution in [3.8, 4) is 11.5 Å². The van der Waals surface area contributed by atoms with Gasteiger partial charge in [0.2, 0.25) is 0 Å². The third-order valence-electron chi connectivity index (χ3n) is 5.31. The Morgan fingerprint density at radius 1 is 1.03 bits per heavy atom. The number of sulfonamides is 1. The number of non-ortho nitro benzene ring substituents is 1. The highest BCUT2D eigenvalue weighted by molar-refractivity contribution is 9.11. The summed E-state index contributed by atoms with van der Waals surface area (Å²) in [5.74, 6) is 0.960. The van der Waals surface area contributed by atoms with E-state index in [4.69, 9.17) is 14.3 Å². The minimum absolute atomic E-state index is 0.000902. The second-order valence-electron chi connectivity index (χ2n) is 7.74. The van der Waals surface area contributed by atoms with E-state index in [9.17, 15) is 18.5 Å². The van der Waals surface area contributed by atoms with Crippen molar-refractivity contribution in [2.75, 3.05) is 24.7 Å². The van der Waals surface area contributed by atoms with Gasteiger partial charge < -0.3 is 9.47 Å².